The molecule has 0 aromatic heterocycles. The number of nitrogens with one attached hydrogen (secondary N) is 1. The highest BCUT2D eigenvalue weighted by atomic mass is 32.2. The van der Waals surface area contributed by atoms with Crippen LogP contribution in [0.5, 0.6) is 0 Å². The third-order valence-corrected chi connectivity index (χ3v) is 4.32. The zero-order valence-electron chi connectivity index (χ0n) is 10.3. The van der Waals surface area contributed by atoms with Crippen LogP contribution in [0.2, 0.25) is 0 Å². The lowest BCUT2D eigenvalue weighted by Gasteiger charge is -2.20. The first-order valence-electron chi connectivity index (χ1n) is 5.62. The van der Waals surface area contributed by atoms with Crippen molar-refractivity contribution in [3.05, 3.63) is 24.0 Å². The first kappa shape index (κ1) is 13.8. The molecule has 19 heavy (non-hydrogen) atoms. The van der Waals surface area contributed by atoms with Gasteiger partial charge in [0.05, 0.1) is 11.4 Å². The summed E-state index contributed by atoms with van der Waals surface area (Å²) in [6.45, 7) is -0.0597. The van der Waals surface area contributed by atoms with E-state index in [9.17, 15) is 17.6 Å². The van der Waals surface area contributed by atoms with Gasteiger partial charge in [-0.3, -0.25) is 4.79 Å². The highest BCUT2D eigenvalue weighted by Crippen LogP contribution is 2.31. The molecule has 104 valence electrons. The SMILES string of the molecule is CNc1ccc(F)cc1N1CC(S(N)(=O)=O)CC1=O. The van der Waals surface area contributed by atoms with Gasteiger partial charge >= 0.3 is 0 Å². The molecule has 1 aromatic carbocycles. The van der Waals surface area contributed by atoms with Crippen molar-refractivity contribution >= 4 is 27.3 Å². The Balaban J connectivity index is 2.38. The average molecular weight is 287 g/mol. The molecule has 1 aliphatic heterocycles. The number of carbonyl (C=O) groups is 1. The van der Waals surface area contributed by atoms with Gasteiger partial charge in [-0.05, 0) is 18.2 Å². The molecule has 0 radical (unpaired) electrons. The van der Waals surface area contributed by atoms with Gasteiger partial charge in [0.15, 0.2) is 0 Å². The molecule has 0 spiro atoms. The van der Waals surface area contributed by atoms with Crippen molar-refractivity contribution in [1.82, 2.24) is 0 Å². The van der Waals surface area contributed by atoms with Crippen LogP contribution < -0.4 is 15.4 Å². The van der Waals surface area contributed by atoms with E-state index in [1.807, 2.05) is 0 Å². The lowest BCUT2D eigenvalue weighted by molar-refractivity contribution is -0.117. The van der Waals surface area contributed by atoms with Crippen molar-refractivity contribution < 1.29 is 17.6 Å². The van der Waals surface area contributed by atoms with Gasteiger partial charge in [0.1, 0.15) is 11.1 Å². The smallest absolute Gasteiger partial charge is 0.228 e. The van der Waals surface area contributed by atoms with Crippen LogP contribution in [0.25, 0.3) is 0 Å². The summed E-state index contributed by atoms with van der Waals surface area (Å²) in [4.78, 5) is 13.1. The van der Waals surface area contributed by atoms with E-state index in [1.54, 1.807) is 7.05 Å². The summed E-state index contributed by atoms with van der Waals surface area (Å²) < 4.78 is 35.9. The summed E-state index contributed by atoms with van der Waals surface area (Å²) in [6, 6.07) is 3.94. The fourth-order valence-corrected chi connectivity index (χ4v) is 2.80. The van der Waals surface area contributed by atoms with Gasteiger partial charge in [-0.15, -0.1) is 0 Å². The van der Waals surface area contributed by atoms with Gasteiger partial charge in [-0.2, -0.15) is 0 Å². The Morgan fingerprint density at radius 3 is 2.68 bits per heavy atom. The quantitative estimate of drug-likeness (QED) is 0.834. The number of anilines is 2. The molecule has 1 fully saturated rings. The zero-order chi connectivity index (χ0) is 14.2. The Labute approximate surface area is 110 Å². The van der Waals surface area contributed by atoms with E-state index in [4.69, 9.17) is 5.14 Å². The molecule has 0 bridgehead atoms. The molecule has 1 aliphatic rings. The molecule has 1 heterocycles. The molecule has 1 atom stereocenters. The third-order valence-electron chi connectivity index (χ3n) is 3.07. The van der Waals surface area contributed by atoms with Crippen molar-refractivity contribution in [2.75, 3.05) is 23.8 Å². The van der Waals surface area contributed by atoms with Crippen LogP contribution >= 0.6 is 0 Å². The summed E-state index contributed by atoms with van der Waals surface area (Å²) in [5.41, 5.74) is 0.864. The number of rotatable bonds is 3. The molecule has 1 amide bonds. The van der Waals surface area contributed by atoms with E-state index < -0.39 is 21.1 Å². The monoisotopic (exact) mass is 287 g/mol. The van der Waals surface area contributed by atoms with Crippen LogP contribution in [-0.4, -0.2) is 33.2 Å². The normalized spacial score (nSPS) is 19.8. The largest absolute Gasteiger partial charge is 0.386 e. The Hall–Kier alpha value is -1.67. The molecule has 1 saturated heterocycles. The number of carbonyl (C=O) groups excluding carboxylic acids is 1. The lowest BCUT2D eigenvalue weighted by atomic mass is 10.2. The first-order chi connectivity index (χ1) is 8.82. The molecule has 0 saturated carbocycles. The van der Waals surface area contributed by atoms with Crippen molar-refractivity contribution in [1.29, 1.82) is 0 Å². The second kappa shape index (κ2) is 4.78. The maximum Gasteiger partial charge on any atom is 0.228 e. The molecular formula is C11H14FN3O3S. The topological polar surface area (TPSA) is 92.5 Å². The molecular weight excluding hydrogens is 273 g/mol. The number of primary sulfonamides is 1. The Kier molecular flexibility index (Phi) is 3.46. The van der Waals surface area contributed by atoms with E-state index >= 15 is 0 Å². The second-order valence-electron chi connectivity index (χ2n) is 4.33. The number of benzene rings is 1. The predicted molar refractivity (Wildman–Crippen MR) is 69.8 cm³/mol. The number of hydrogen-bond acceptors (Lipinski definition) is 4. The Bertz CT molecular complexity index is 618. The molecule has 6 nitrogen and oxygen atoms in total. The number of halogens is 1. The minimum Gasteiger partial charge on any atom is -0.386 e. The maximum atomic E-state index is 13.3. The maximum absolute atomic E-state index is 13.3. The van der Waals surface area contributed by atoms with Crippen molar-refractivity contribution in [3.63, 3.8) is 0 Å². The van der Waals surface area contributed by atoms with Crippen molar-refractivity contribution in [2.24, 2.45) is 5.14 Å². The lowest BCUT2D eigenvalue weighted by Crippen LogP contribution is -2.32. The summed E-state index contributed by atoms with van der Waals surface area (Å²) >= 11 is 0. The van der Waals surface area contributed by atoms with E-state index in [0.717, 1.165) is 0 Å². The number of amides is 1. The molecule has 1 aromatic rings. The fourth-order valence-electron chi connectivity index (χ4n) is 2.07. The molecule has 3 N–H and O–H groups in total. The fraction of sp³-hybridized carbons (Fsp3) is 0.364. The van der Waals surface area contributed by atoms with E-state index in [1.165, 1.54) is 23.1 Å². The summed E-state index contributed by atoms with van der Waals surface area (Å²) in [6.07, 6.45) is -0.182. The van der Waals surface area contributed by atoms with Crippen LogP contribution in [0.15, 0.2) is 18.2 Å². The van der Waals surface area contributed by atoms with E-state index in [-0.39, 0.29) is 18.9 Å². The van der Waals surface area contributed by atoms with Crippen molar-refractivity contribution in [2.45, 2.75) is 11.7 Å². The number of hydrogen-bond donors (Lipinski definition) is 2. The van der Waals surface area contributed by atoms with E-state index in [2.05, 4.69) is 5.32 Å². The molecule has 0 aliphatic carbocycles. The number of nitrogens with two attached hydrogens (primary N) is 1. The third kappa shape index (κ3) is 2.69. The molecule has 2 rings (SSSR count). The Morgan fingerprint density at radius 2 is 2.16 bits per heavy atom. The van der Waals surface area contributed by atoms with Crippen LogP contribution in [-0.2, 0) is 14.8 Å². The number of nitrogens with zero attached hydrogens (tertiary/aromatic N) is 1. The minimum absolute atomic E-state index is 0.0597. The van der Waals surface area contributed by atoms with Gasteiger partial charge < -0.3 is 10.2 Å². The standard InChI is InChI=1S/C11H14FN3O3S/c1-14-9-3-2-7(12)4-10(9)15-6-8(5-11(15)16)19(13,17)18/h2-4,8,14H,5-6H2,1H3,(H2,13,17,18). The molecule has 1 unspecified atom stereocenters. The summed E-state index contributed by atoms with van der Waals surface area (Å²) in [7, 11) is -2.15. The van der Waals surface area contributed by atoms with Crippen LogP contribution in [0.3, 0.4) is 0 Å². The van der Waals surface area contributed by atoms with Gasteiger partial charge in [-0.25, -0.2) is 17.9 Å². The minimum atomic E-state index is -3.78. The van der Waals surface area contributed by atoms with Gasteiger partial charge in [0.25, 0.3) is 0 Å². The van der Waals surface area contributed by atoms with E-state index in [0.29, 0.717) is 11.4 Å². The molecule has 8 heteroatoms. The highest BCUT2D eigenvalue weighted by Gasteiger charge is 2.38. The van der Waals surface area contributed by atoms with Crippen LogP contribution in [0.1, 0.15) is 6.42 Å². The first-order valence-corrected chi connectivity index (χ1v) is 7.23. The average Bonchev–Trinajstić information content (AvgIpc) is 2.71. The van der Waals surface area contributed by atoms with Crippen molar-refractivity contribution in [3.8, 4) is 0 Å². The predicted octanol–water partition coefficient (Wildman–Crippen LogP) is 0.261. The number of sulfonamides is 1. The second-order valence-corrected chi connectivity index (χ2v) is 6.18. The van der Waals surface area contributed by atoms with Crippen LogP contribution in [0, 0.1) is 5.82 Å². The van der Waals surface area contributed by atoms with Gasteiger partial charge in [-0.1, -0.05) is 0 Å². The Morgan fingerprint density at radius 1 is 1.47 bits per heavy atom. The van der Waals surface area contributed by atoms with Crippen LogP contribution in [0.4, 0.5) is 15.8 Å². The zero-order valence-corrected chi connectivity index (χ0v) is 11.1. The van der Waals surface area contributed by atoms with Gasteiger partial charge in [0.2, 0.25) is 15.9 Å². The summed E-state index contributed by atoms with van der Waals surface area (Å²) in [5.74, 6) is -0.887. The highest BCUT2D eigenvalue weighted by molar-refractivity contribution is 7.89. The van der Waals surface area contributed by atoms with Gasteiger partial charge in [0, 0.05) is 20.0 Å². The summed E-state index contributed by atoms with van der Waals surface area (Å²) in [5, 5.41) is 6.93.